The zero-order chi connectivity index (χ0) is 17.6. The molecule has 23 heavy (non-hydrogen) atoms. The molecule has 0 aromatic heterocycles. The molecule has 0 aliphatic heterocycles. The summed E-state index contributed by atoms with van der Waals surface area (Å²) in [6, 6.07) is 7.55. The Hall–Kier alpha value is -1.73. The van der Waals surface area contributed by atoms with Gasteiger partial charge >= 0.3 is 5.97 Å². The molecule has 0 spiro atoms. The number of nitrogens with zero attached hydrogens (tertiary/aromatic N) is 1. The molecule has 1 rings (SSSR count). The fraction of sp³-hybridized carbons (Fsp3) is 0.500. The third-order valence-electron chi connectivity index (χ3n) is 3.45. The van der Waals surface area contributed by atoms with Crippen LogP contribution in [0.5, 0.6) is 0 Å². The van der Waals surface area contributed by atoms with Crippen LogP contribution < -0.4 is 10.2 Å². The summed E-state index contributed by atoms with van der Waals surface area (Å²) < 4.78 is 5.50. The van der Waals surface area contributed by atoms with Gasteiger partial charge in [0.2, 0.25) is 11.6 Å². The molecule has 0 aliphatic rings. The van der Waals surface area contributed by atoms with Gasteiger partial charge < -0.3 is 20.1 Å². The molecule has 7 heteroatoms. The number of ether oxygens (including phenoxy) is 1. The highest BCUT2D eigenvalue weighted by Gasteiger charge is 2.37. The predicted molar refractivity (Wildman–Crippen MR) is 92.8 cm³/mol. The van der Waals surface area contributed by atoms with Gasteiger partial charge in [0.05, 0.1) is 6.61 Å². The largest absolute Gasteiger partial charge is 0.478 e. The number of hydrogen-bond acceptors (Lipinski definition) is 5. The minimum atomic E-state index is -1.79. The van der Waals surface area contributed by atoms with Gasteiger partial charge in [-0.3, -0.25) is 4.79 Å². The molecular weight excluding hydrogens is 316 g/mol. The van der Waals surface area contributed by atoms with Crippen LogP contribution in [0.1, 0.15) is 19.4 Å². The Kier molecular flexibility index (Phi) is 6.90. The van der Waals surface area contributed by atoms with Crippen LogP contribution in [-0.2, 0) is 20.9 Å². The predicted octanol–water partition coefficient (Wildman–Crippen LogP) is 1.75. The number of benzene rings is 1. The van der Waals surface area contributed by atoms with E-state index < -0.39 is 23.5 Å². The standard InChI is InChI=1S/C16H24N2O4S/c1-11(10-23)14(19)17-16(2,15(20)21)22-9-12-6-5-7-13(8-12)18(3)4/h5-8,11,23H,9-10H2,1-4H3,(H,17,19)(H,20,21)/t11?,16-/m0/s1. The van der Waals surface area contributed by atoms with E-state index in [1.165, 1.54) is 6.92 Å². The number of carbonyl (C=O) groups excluding carboxylic acids is 1. The van der Waals surface area contributed by atoms with E-state index in [0.29, 0.717) is 5.75 Å². The first kappa shape index (κ1) is 19.3. The normalized spacial score (nSPS) is 14.7. The third-order valence-corrected chi connectivity index (χ3v) is 3.99. The summed E-state index contributed by atoms with van der Waals surface area (Å²) >= 11 is 4.04. The number of carboxylic acids is 1. The second kappa shape index (κ2) is 8.21. The number of rotatable bonds is 8. The van der Waals surface area contributed by atoms with Gasteiger partial charge in [-0.25, -0.2) is 4.79 Å². The van der Waals surface area contributed by atoms with E-state index in [1.54, 1.807) is 6.92 Å². The van der Waals surface area contributed by atoms with Crippen molar-refractivity contribution < 1.29 is 19.4 Å². The van der Waals surface area contributed by atoms with Crippen LogP contribution in [0.3, 0.4) is 0 Å². The van der Waals surface area contributed by atoms with E-state index in [2.05, 4.69) is 17.9 Å². The second-order valence-corrected chi connectivity index (χ2v) is 6.13. The Morgan fingerprint density at radius 1 is 1.43 bits per heavy atom. The number of amides is 1. The average molecular weight is 340 g/mol. The molecule has 0 bridgehead atoms. The lowest BCUT2D eigenvalue weighted by Crippen LogP contribution is -2.55. The van der Waals surface area contributed by atoms with Crippen LogP contribution >= 0.6 is 12.6 Å². The van der Waals surface area contributed by atoms with Crippen molar-refractivity contribution in [1.29, 1.82) is 0 Å². The summed E-state index contributed by atoms with van der Waals surface area (Å²) in [6.07, 6.45) is 0. The zero-order valence-corrected chi connectivity index (χ0v) is 14.8. The van der Waals surface area contributed by atoms with E-state index >= 15 is 0 Å². The van der Waals surface area contributed by atoms with Crippen molar-refractivity contribution in [3.05, 3.63) is 29.8 Å². The van der Waals surface area contributed by atoms with Crippen LogP contribution in [-0.4, -0.2) is 42.6 Å². The Morgan fingerprint density at radius 2 is 2.09 bits per heavy atom. The summed E-state index contributed by atoms with van der Waals surface area (Å²) in [5, 5.41) is 11.8. The van der Waals surface area contributed by atoms with E-state index in [-0.39, 0.29) is 6.61 Å². The van der Waals surface area contributed by atoms with Crippen molar-refractivity contribution in [3.63, 3.8) is 0 Å². The molecule has 0 fully saturated rings. The zero-order valence-electron chi connectivity index (χ0n) is 13.9. The van der Waals surface area contributed by atoms with Gasteiger partial charge in [0, 0.05) is 31.5 Å². The molecular formula is C16H24N2O4S. The second-order valence-electron chi connectivity index (χ2n) is 5.76. The first-order valence-electron chi connectivity index (χ1n) is 7.26. The van der Waals surface area contributed by atoms with E-state index in [4.69, 9.17) is 4.74 Å². The van der Waals surface area contributed by atoms with Gasteiger partial charge in [-0.05, 0) is 24.6 Å². The van der Waals surface area contributed by atoms with Crippen molar-refractivity contribution in [3.8, 4) is 0 Å². The maximum atomic E-state index is 11.9. The topological polar surface area (TPSA) is 78.9 Å². The van der Waals surface area contributed by atoms with Gasteiger partial charge in [0.15, 0.2) is 0 Å². The number of carbonyl (C=O) groups is 2. The van der Waals surface area contributed by atoms with Gasteiger partial charge in [-0.2, -0.15) is 12.6 Å². The molecule has 1 aromatic rings. The molecule has 1 amide bonds. The Balaban J connectivity index is 2.82. The molecule has 0 aliphatic carbocycles. The first-order valence-corrected chi connectivity index (χ1v) is 7.89. The summed E-state index contributed by atoms with van der Waals surface area (Å²) in [4.78, 5) is 25.4. The lowest BCUT2D eigenvalue weighted by molar-refractivity contribution is -0.174. The fourth-order valence-electron chi connectivity index (χ4n) is 1.74. The molecule has 1 unspecified atom stereocenters. The van der Waals surface area contributed by atoms with Gasteiger partial charge in [0.25, 0.3) is 0 Å². The molecule has 0 radical (unpaired) electrons. The minimum Gasteiger partial charge on any atom is -0.478 e. The molecule has 1 aromatic carbocycles. The molecule has 0 saturated heterocycles. The molecule has 2 N–H and O–H groups in total. The maximum Gasteiger partial charge on any atom is 0.357 e. The molecule has 0 heterocycles. The summed E-state index contributed by atoms with van der Waals surface area (Å²) in [5.74, 6) is -1.74. The van der Waals surface area contributed by atoms with Crippen molar-refractivity contribution in [1.82, 2.24) is 5.32 Å². The molecule has 2 atom stereocenters. The first-order chi connectivity index (χ1) is 10.7. The van der Waals surface area contributed by atoms with Gasteiger partial charge in [0.1, 0.15) is 0 Å². The Bertz CT molecular complexity index is 565. The van der Waals surface area contributed by atoms with Gasteiger partial charge in [-0.15, -0.1) is 0 Å². The fourth-order valence-corrected chi connectivity index (χ4v) is 1.91. The van der Waals surface area contributed by atoms with Crippen molar-refractivity contribution >= 4 is 30.2 Å². The molecule has 0 saturated carbocycles. The van der Waals surface area contributed by atoms with E-state index in [9.17, 15) is 14.7 Å². The van der Waals surface area contributed by atoms with Crippen LogP contribution in [0.4, 0.5) is 5.69 Å². The van der Waals surface area contributed by atoms with Gasteiger partial charge in [-0.1, -0.05) is 19.1 Å². The SMILES string of the molecule is CC(CS)C(=O)N[C@@](C)(OCc1cccc(N(C)C)c1)C(=O)O. The summed E-state index contributed by atoms with van der Waals surface area (Å²) in [7, 11) is 3.83. The lowest BCUT2D eigenvalue weighted by Gasteiger charge is -2.28. The molecule has 128 valence electrons. The maximum absolute atomic E-state index is 11.9. The quantitative estimate of drug-likeness (QED) is 0.496. The summed E-state index contributed by atoms with van der Waals surface area (Å²) in [5.41, 5.74) is 0.0126. The number of carboxylic acid groups (broad SMARTS) is 1. The number of anilines is 1. The number of nitrogens with one attached hydrogen (secondary N) is 1. The number of aliphatic carboxylic acids is 1. The number of thiol groups is 1. The van der Waals surface area contributed by atoms with Crippen molar-refractivity contribution in [2.75, 3.05) is 24.7 Å². The summed E-state index contributed by atoms with van der Waals surface area (Å²) in [6.45, 7) is 3.07. The average Bonchev–Trinajstić information content (AvgIpc) is 2.52. The highest BCUT2D eigenvalue weighted by Crippen LogP contribution is 2.17. The Labute approximate surface area is 142 Å². The van der Waals surface area contributed by atoms with Crippen LogP contribution in [0.25, 0.3) is 0 Å². The molecule has 6 nitrogen and oxygen atoms in total. The lowest BCUT2D eigenvalue weighted by atomic mass is 10.1. The third kappa shape index (κ3) is 5.44. The van der Waals surface area contributed by atoms with Crippen molar-refractivity contribution in [2.24, 2.45) is 5.92 Å². The Morgan fingerprint density at radius 3 is 2.61 bits per heavy atom. The highest BCUT2D eigenvalue weighted by atomic mass is 32.1. The van der Waals surface area contributed by atoms with Crippen LogP contribution in [0.2, 0.25) is 0 Å². The monoisotopic (exact) mass is 340 g/mol. The van der Waals surface area contributed by atoms with Crippen LogP contribution in [0, 0.1) is 5.92 Å². The van der Waals surface area contributed by atoms with E-state index in [0.717, 1.165) is 11.3 Å². The van der Waals surface area contributed by atoms with Crippen LogP contribution in [0.15, 0.2) is 24.3 Å². The highest BCUT2D eigenvalue weighted by molar-refractivity contribution is 7.80. The van der Waals surface area contributed by atoms with E-state index in [1.807, 2.05) is 43.3 Å². The number of hydrogen-bond donors (Lipinski definition) is 3. The smallest absolute Gasteiger partial charge is 0.357 e. The van der Waals surface area contributed by atoms with Crippen molar-refractivity contribution in [2.45, 2.75) is 26.2 Å². The minimum absolute atomic E-state index is 0.0695.